The lowest BCUT2D eigenvalue weighted by atomic mass is 10.1. The Morgan fingerprint density at radius 3 is 2.65 bits per heavy atom. The zero-order chi connectivity index (χ0) is 18.7. The number of carboxylic acid groups (broad SMARTS) is 1. The van der Waals surface area contributed by atoms with Gasteiger partial charge in [-0.05, 0) is 42.3 Å². The van der Waals surface area contributed by atoms with E-state index in [1.807, 2.05) is 6.07 Å². The largest absolute Gasteiger partial charge is 0.477 e. The second kappa shape index (κ2) is 7.07. The predicted molar refractivity (Wildman–Crippen MR) is 93.7 cm³/mol. The quantitative estimate of drug-likeness (QED) is 0.884. The first kappa shape index (κ1) is 17.8. The van der Waals surface area contributed by atoms with Crippen LogP contribution in [0.15, 0.2) is 53.4 Å². The molecule has 1 N–H and O–H groups in total. The molecule has 0 fully saturated rings. The van der Waals surface area contributed by atoms with E-state index in [4.69, 9.17) is 10.4 Å². The fourth-order valence-corrected chi connectivity index (χ4v) is 4.14. The maximum atomic E-state index is 12.7. The molecule has 2 aromatic rings. The third-order valence-corrected chi connectivity index (χ3v) is 5.93. The van der Waals surface area contributed by atoms with Gasteiger partial charge < -0.3 is 5.11 Å². The number of benzene rings is 1. The molecule has 3 rings (SSSR count). The lowest BCUT2D eigenvalue weighted by Gasteiger charge is -2.25. The molecule has 0 unspecified atom stereocenters. The molecule has 0 amide bonds. The Balaban J connectivity index is 1.83. The van der Waals surface area contributed by atoms with Crippen molar-refractivity contribution in [2.24, 2.45) is 0 Å². The van der Waals surface area contributed by atoms with Crippen LogP contribution in [0.1, 0.15) is 28.2 Å². The minimum atomic E-state index is -3.70. The summed E-state index contributed by atoms with van der Waals surface area (Å²) < 4.78 is 26.8. The van der Waals surface area contributed by atoms with Crippen LogP contribution in [0.2, 0.25) is 0 Å². The Hall–Kier alpha value is -3.02. The van der Waals surface area contributed by atoms with Crippen molar-refractivity contribution in [1.29, 1.82) is 5.26 Å². The first-order valence-corrected chi connectivity index (χ1v) is 9.26. The maximum absolute atomic E-state index is 12.7. The fraction of sp³-hybridized carbons (Fsp3) is 0.167. The van der Waals surface area contributed by atoms with Gasteiger partial charge in [0.2, 0.25) is 10.0 Å². The van der Waals surface area contributed by atoms with E-state index in [0.717, 1.165) is 5.57 Å². The van der Waals surface area contributed by atoms with E-state index in [0.29, 0.717) is 12.1 Å². The molecule has 0 spiro atoms. The van der Waals surface area contributed by atoms with E-state index < -0.39 is 16.0 Å². The van der Waals surface area contributed by atoms with Crippen molar-refractivity contribution < 1.29 is 18.3 Å². The smallest absolute Gasteiger partial charge is 0.354 e. The summed E-state index contributed by atoms with van der Waals surface area (Å²) in [5, 5.41) is 18.0. The van der Waals surface area contributed by atoms with Crippen molar-refractivity contribution in [3.8, 4) is 6.07 Å². The van der Waals surface area contributed by atoms with Crippen LogP contribution < -0.4 is 0 Å². The number of hydrogen-bond acceptors (Lipinski definition) is 5. The monoisotopic (exact) mass is 369 g/mol. The number of rotatable bonds is 4. The second-order valence-corrected chi connectivity index (χ2v) is 7.63. The summed E-state index contributed by atoms with van der Waals surface area (Å²) in [4.78, 5) is 15.2. The summed E-state index contributed by atoms with van der Waals surface area (Å²) in [5.41, 5.74) is 1.58. The molecule has 2 heterocycles. The van der Waals surface area contributed by atoms with Crippen molar-refractivity contribution >= 4 is 21.6 Å². The molecule has 26 heavy (non-hydrogen) atoms. The van der Waals surface area contributed by atoms with Gasteiger partial charge in [-0.1, -0.05) is 18.2 Å². The molecule has 1 aliphatic heterocycles. The Kier molecular flexibility index (Phi) is 4.84. The van der Waals surface area contributed by atoms with Crippen LogP contribution in [0.25, 0.3) is 5.57 Å². The molecule has 0 radical (unpaired) electrons. The second-order valence-electron chi connectivity index (χ2n) is 5.70. The van der Waals surface area contributed by atoms with Gasteiger partial charge in [0.15, 0.2) is 0 Å². The van der Waals surface area contributed by atoms with Gasteiger partial charge in [-0.25, -0.2) is 18.2 Å². The lowest BCUT2D eigenvalue weighted by Crippen LogP contribution is -2.34. The molecule has 0 atom stereocenters. The van der Waals surface area contributed by atoms with Crippen LogP contribution in [-0.2, 0) is 10.0 Å². The summed E-state index contributed by atoms with van der Waals surface area (Å²) in [6.45, 7) is 0.414. The van der Waals surface area contributed by atoms with Gasteiger partial charge in [0, 0.05) is 13.1 Å². The standard InChI is InChI=1S/C18H15N3O4S/c19-12-13-3-1-4-15(11-13)26(24,25)21-9-7-14(8-10-21)16-5-2-6-17(20-16)18(22)23/h1-7,11H,8-10H2,(H,22,23). The van der Waals surface area contributed by atoms with E-state index in [9.17, 15) is 13.2 Å². The molecular formula is C18H15N3O4S. The van der Waals surface area contributed by atoms with Crippen molar-refractivity contribution in [1.82, 2.24) is 9.29 Å². The van der Waals surface area contributed by atoms with E-state index >= 15 is 0 Å². The number of carbonyl (C=O) groups is 1. The molecule has 0 aliphatic carbocycles. The van der Waals surface area contributed by atoms with Gasteiger partial charge in [0.25, 0.3) is 0 Å². The van der Waals surface area contributed by atoms with Gasteiger partial charge in [-0.15, -0.1) is 0 Å². The number of sulfonamides is 1. The van der Waals surface area contributed by atoms with Crippen molar-refractivity contribution in [2.75, 3.05) is 13.1 Å². The summed E-state index contributed by atoms with van der Waals surface area (Å²) in [5.74, 6) is -1.11. The third-order valence-electron chi connectivity index (χ3n) is 4.07. The normalized spacial score (nSPS) is 15.1. The maximum Gasteiger partial charge on any atom is 0.354 e. The van der Waals surface area contributed by atoms with Crippen LogP contribution in [0.3, 0.4) is 0 Å². The average molecular weight is 369 g/mol. The number of nitriles is 1. The predicted octanol–water partition coefficient (Wildman–Crippen LogP) is 2.13. The molecule has 0 saturated heterocycles. The number of hydrogen-bond donors (Lipinski definition) is 1. The number of carboxylic acids is 1. The molecule has 1 aliphatic rings. The highest BCUT2D eigenvalue weighted by atomic mass is 32.2. The van der Waals surface area contributed by atoms with Crippen molar-refractivity contribution in [3.05, 3.63) is 65.5 Å². The summed E-state index contributed by atoms with van der Waals surface area (Å²) in [6, 6.07) is 12.6. The van der Waals surface area contributed by atoms with Gasteiger partial charge in [0.05, 0.1) is 22.2 Å². The minimum Gasteiger partial charge on any atom is -0.477 e. The Morgan fingerprint density at radius 2 is 2.00 bits per heavy atom. The third kappa shape index (κ3) is 3.49. The van der Waals surface area contributed by atoms with Gasteiger partial charge >= 0.3 is 5.97 Å². The molecule has 0 saturated carbocycles. The molecule has 7 nitrogen and oxygen atoms in total. The van der Waals surface area contributed by atoms with Crippen LogP contribution in [-0.4, -0.2) is 41.9 Å². The molecule has 8 heteroatoms. The van der Waals surface area contributed by atoms with Crippen molar-refractivity contribution in [2.45, 2.75) is 11.3 Å². The fourth-order valence-electron chi connectivity index (χ4n) is 2.71. The summed E-state index contributed by atoms with van der Waals surface area (Å²) >= 11 is 0. The van der Waals surface area contributed by atoms with Gasteiger partial charge in [0.1, 0.15) is 5.69 Å². The molecule has 1 aromatic carbocycles. The minimum absolute atomic E-state index is 0.0493. The Bertz CT molecular complexity index is 1040. The number of nitrogens with zero attached hydrogens (tertiary/aromatic N) is 3. The van der Waals surface area contributed by atoms with Crippen LogP contribution in [0, 0.1) is 11.3 Å². The van der Waals surface area contributed by atoms with Gasteiger partial charge in [-0.3, -0.25) is 0 Å². The average Bonchev–Trinajstić information content (AvgIpc) is 2.68. The van der Waals surface area contributed by atoms with Crippen molar-refractivity contribution in [3.63, 3.8) is 0 Å². The molecular weight excluding hydrogens is 354 g/mol. The van der Waals surface area contributed by atoms with E-state index in [-0.39, 0.29) is 29.2 Å². The first-order chi connectivity index (χ1) is 12.4. The number of aromatic carboxylic acids is 1. The molecule has 1 aromatic heterocycles. The highest BCUT2D eigenvalue weighted by Gasteiger charge is 2.27. The number of pyridine rings is 1. The highest BCUT2D eigenvalue weighted by molar-refractivity contribution is 7.89. The van der Waals surface area contributed by atoms with E-state index in [1.165, 1.54) is 28.6 Å². The van der Waals surface area contributed by atoms with Gasteiger partial charge in [-0.2, -0.15) is 9.57 Å². The Morgan fingerprint density at radius 1 is 1.23 bits per heavy atom. The first-order valence-electron chi connectivity index (χ1n) is 7.82. The van der Waals surface area contributed by atoms with Crippen LogP contribution in [0.4, 0.5) is 0 Å². The summed E-state index contributed by atoms with van der Waals surface area (Å²) in [6.07, 6.45) is 2.16. The Labute approximate surface area is 150 Å². The number of aromatic nitrogens is 1. The molecule has 0 bridgehead atoms. The van der Waals surface area contributed by atoms with E-state index in [2.05, 4.69) is 4.98 Å². The lowest BCUT2D eigenvalue weighted by molar-refractivity contribution is 0.0690. The van der Waals surface area contributed by atoms with E-state index in [1.54, 1.807) is 24.3 Å². The van der Waals surface area contributed by atoms with Crippen LogP contribution >= 0.6 is 0 Å². The summed E-state index contributed by atoms with van der Waals surface area (Å²) in [7, 11) is -3.70. The highest BCUT2D eigenvalue weighted by Crippen LogP contribution is 2.25. The topological polar surface area (TPSA) is 111 Å². The SMILES string of the molecule is N#Cc1cccc(S(=O)(=O)N2CC=C(c3cccc(C(=O)O)n3)CC2)c1. The molecule has 132 valence electrons. The van der Waals surface area contributed by atoms with Crippen LogP contribution in [0.5, 0.6) is 0 Å². The zero-order valence-electron chi connectivity index (χ0n) is 13.7. The zero-order valence-corrected chi connectivity index (χ0v) is 14.5.